The number of hydrogen-bond acceptors (Lipinski definition) is 4. The van der Waals surface area contributed by atoms with E-state index in [4.69, 9.17) is 4.74 Å². The topological polar surface area (TPSA) is 45.9 Å². The standard InChI is InChI=1S/C17H15FN2OS/c1-21-16-7-6-12(8-14(16)18)15-10-22-17(20-15)13(9-19)11-4-2-3-5-11/h6-8,10H,2-5H2,1H3. The Morgan fingerprint density at radius 2 is 2.14 bits per heavy atom. The van der Waals surface area contributed by atoms with Gasteiger partial charge in [-0.25, -0.2) is 9.37 Å². The highest BCUT2D eigenvalue weighted by Crippen LogP contribution is 2.34. The maximum Gasteiger partial charge on any atom is 0.165 e. The summed E-state index contributed by atoms with van der Waals surface area (Å²) in [4.78, 5) is 4.52. The Morgan fingerprint density at radius 3 is 2.77 bits per heavy atom. The molecular formula is C17H15FN2OS. The third kappa shape index (κ3) is 2.75. The molecule has 0 N–H and O–H groups in total. The van der Waals surface area contributed by atoms with Crippen LogP contribution >= 0.6 is 11.3 Å². The van der Waals surface area contributed by atoms with Gasteiger partial charge in [-0.05, 0) is 49.5 Å². The molecule has 1 aromatic heterocycles. The number of methoxy groups -OCH3 is 1. The number of thiazole rings is 1. The van der Waals surface area contributed by atoms with Crippen molar-refractivity contribution in [2.24, 2.45) is 0 Å². The van der Waals surface area contributed by atoms with Crippen molar-refractivity contribution in [2.45, 2.75) is 25.7 Å². The summed E-state index contributed by atoms with van der Waals surface area (Å²) in [5.74, 6) is -0.200. The summed E-state index contributed by atoms with van der Waals surface area (Å²) in [6, 6.07) is 7.06. The van der Waals surface area contributed by atoms with E-state index in [9.17, 15) is 9.65 Å². The summed E-state index contributed by atoms with van der Waals surface area (Å²) >= 11 is 1.43. The molecule has 0 spiro atoms. The fourth-order valence-electron chi connectivity index (χ4n) is 2.68. The second kappa shape index (κ2) is 6.29. The van der Waals surface area contributed by atoms with E-state index in [2.05, 4.69) is 11.1 Å². The number of benzene rings is 1. The third-order valence-electron chi connectivity index (χ3n) is 3.84. The summed E-state index contributed by atoms with van der Waals surface area (Å²) < 4.78 is 18.7. The lowest BCUT2D eigenvalue weighted by Gasteiger charge is -2.03. The van der Waals surface area contributed by atoms with Crippen molar-refractivity contribution in [3.05, 3.63) is 40.0 Å². The molecule has 0 saturated heterocycles. The van der Waals surface area contributed by atoms with Crippen LogP contribution in [0.4, 0.5) is 4.39 Å². The van der Waals surface area contributed by atoms with Gasteiger partial charge in [-0.1, -0.05) is 0 Å². The first-order valence-electron chi connectivity index (χ1n) is 7.15. The summed E-state index contributed by atoms with van der Waals surface area (Å²) in [5.41, 5.74) is 3.27. The number of aromatic nitrogens is 1. The number of hydrogen-bond donors (Lipinski definition) is 0. The number of ether oxygens (including phenoxy) is 1. The van der Waals surface area contributed by atoms with E-state index < -0.39 is 5.82 Å². The van der Waals surface area contributed by atoms with Gasteiger partial charge in [0.1, 0.15) is 11.1 Å². The predicted octanol–water partition coefficient (Wildman–Crippen LogP) is 4.81. The van der Waals surface area contributed by atoms with Crippen molar-refractivity contribution >= 4 is 16.9 Å². The second-order valence-corrected chi connectivity index (χ2v) is 6.04. The van der Waals surface area contributed by atoms with Gasteiger partial charge < -0.3 is 4.74 Å². The molecule has 0 radical (unpaired) electrons. The summed E-state index contributed by atoms with van der Waals surface area (Å²) in [5, 5.41) is 12.0. The molecule has 0 bridgehead atoms. The van der Waals surface area contributed by atoms with E-state index in [1.165, 1.54) is 30.1 Å². The molecule has 0 unspecified atom stereocenters. The molecule has 0 amide bonds. The zero-order valence-electron chi connectivity index (χ0n) is 12.2. The SMILES string of the molecule is COc1ccc(-c2csc(C(C#N)=C3CCCC3)n2)cc1F. The first-order chi connectivity index (χ1) is 10.7. The molecule has 0 atom stereocenters. The first-order valence-corrected chi connectivity index (χ1v) is 8.03. The average molecular weight is 314 g/mol. The van der Waals surface area contributed by atoms with E-state index in [0.717, 1.165) is 30.7 Å². The van der Waals surface area contributed by atoms with Gasteiger partial charge >= 0.3 is 0 Å². The summed E-state index contributed by atoms with van der Waals surface area (Å²) in [6.45, 7) is 0. The van der Waals surface area contributed by atoms with Gasteiger partial charge in [0, 0.05) is 10.9 Å². The van der Waals surface area contributed by atoms with E-state index in [0.29, 0.717) is 16.8 Å². The lowest BCUT2D eigenvalue weighted by molar-refractivity contribution is 0.386. The highest BCUT2D eigenvalue weighted by molar-refractivity contribution is 7.11. The van der Waals surface area contributed by atoms with Crippen molar-refractivity contribution in [3.8, 4) is 23.1 Å². The van der Waals surface area contributed by atoms with Crippen LogP contribution in [-0.4, -0.2) is 12.1 Å². The Bertz CT molecular complexity index is 765. The molecular weight excluding hydrogens is 299 g/mol. The van der Waals surface area contributed by atoms with Gasteiger partial charge in [-0.15, -0.1) is 11.3 Å². The minimum atomic E-state index is -0.413. The molecule has 0 aliphatic heterocycles. The highest BCUT2D eigenvalue weighted by atomic mass is 32.1. The molecule has 1 aliphatic rings. The molecule has 1 heterocycles. The number of allylic oxidation sites excluding steroid dienone is 2. The van der Waals surface area contributed by atoms with E-state index in [1.54, 1.807) is 12.1 Å². The van der Waals surface area contributed by atoms with Crippen LogP contribution < -0.4 is 4.74 Å². The Kier molecular flexibility index (Phi) is 4.21. The fourth-order valence-corrected chi connectivity index (χ4v) is 3.55. The molecule has 22 heavy (non-hydrogen) atoms. The lowest BCUT2D eigenvalue weighted by Crippen LogP contribution is -1.89. The van der Waals surface area contributed by atoms with Crippen LogP contribution in [-0.2, 0) is 0 Å². The van der Waals surface area contributed by atoms with Gasteiger partial charge in [0.25, 0.3) is 0 Å². The van der Waals surface area contributed by atoms with E-state index >= 15 is 0 Å². The molecule has 5 heteroatoms. The molecule has 1 fully saturated rings. The minimum Gasteiger partial charge on any atom is -0.494 e. The molecule has 1 aromatic carbocycles. The Hall–Kier alpha value is -2.19. The van der Waals surface area contributed by atoms with Gasteiger partial charge in [0.15, 0.2) is 11.6 Å². The van der Waals surface area contributed by atoms with Crippen molar-refractivity contribution in [2.75, 3.05) is 7.11 Å². The van der Waals surface area contributed by atoms with Crippen LogP contribution in [0.25, 0.3) is 16.8 Å². The number of nitriles is 1. The fraction of sp³-hybridized carbons (Fsp3) is 0.294. The van der Waals surface area contributed by atoms with Crippen molar-refractivity contribution in [3.63, 3.8) is 0 Å². The monoisotopic (exact) mass is 314 g/mol. The van der Waals surface area contributed by atoms with E-state index in [1.807, 2.05) is 5.38 Å². The van der Waals surface area contributed by atoms with Crippen molar-refractivity contribution < 1.29 is 9.13 Å². The lowest BCUT2D eigenvalue weighted by atomic mass is 10.1. The molecule has 112 valence electrons. The summed E-state index contributed by atoms with van der Waals surface area (Å²) in [7, 11) is 1.44. The van der Waals surface area contributed by atoms with Crippen molar-refractivity contribution in [1.29, 1.82) is 5.26 Å². The van der Waals surface area contributed by atoms with Crippen LogP contribution in [0, 0.1) is 17.1 Å². The van der Waals surface area contributed by atoms with Gasteiger partial charge in [0.2, 0.25) is 0 Å². The number of halogens is 1. The maximum atomic E-state index is 13.8. The van der Waals surface area contributed by atoms with E-state index in [-0.39, 0.29) is 5.75 Å². The van der Waals surface area contributed by atoms with Crippen molar-refractivity contribution in [1.82, 2.24) is 4.98 Å². The third-order valence-corrected chi connectivity index (χ3v) is 4.70. The van der Waals surface area contributed by atoms with Crippen LogP contribution in [0.2, 0.25) is 0 Å². The molecule has 2 aromatic rings. The van der Waals surface area contributed by atoms with Gasteiger partial charge in [-0.2, -0.15) is 5.26 Å². The quantitative estimate of drug-likeness (QED) is 0.764. The zero-order chi connectivity index (χ0) is 15.5. The zero-order valence-corrected chi connectivity index (χ0v) is 13.0. The Balaban J connectivity index is 1.95. The first kappa shape index (κ1) is 14.7. The Morgan fingerprint density at radius 1 is 1.36 bits per heavy atom. The van der Waals surface area contributed by atoms with Crippen LogP contribution in [0.1, 0.15) is 30.7 Å². The second-order valence-electron chi connectivity index (χ2n) is 5.18. The molecule has 1 aliphatic carbocycles. The van der Waals surface area contributed by atoms with Crippen LogP contribution in [0.15, 0.2) is 29.2 Å². The largest absolute Gasteiger partial charge is 0.494 e. The molecule has 3 nitrogen and oxygen atoms in total. The van der Waals surface area contributed by atoms with Gasteiger partial charge in [0.05, 0.1) is 18.4 Å². The smallest absolute Gasteiger partial charge is 0.165 e. The molecule has 3 rings (SSSR count). The normalized spacial score (nSPS) is 14.0. The van der Waals surface area contributed by atoms with Crippen LogP contribution in [0.3, 0.4) is 0 Å². The highest BCUT2D eigenvalue weighted by Gasteiger charge is 2.17. The number of rotatable bonds is 3. The minimum absolute atomic E-state index is 0.213. The average Bonchev–Trinajstić information content (AvgIpc) is 3.20. The number of nitrogens with zero attached hydrogens (tertiary/aromatic N) is 2. The Labute approximate surface area is 132 Å². The van der Waals surface area contributed by atoms with Gasteiger partial charge in [-0.3, -0.25) is 0 Å². The maximum absolute atomic E-state index is 13.8. The van der Waals surface area contributed by atoms with Crippen LogP contribution in [0.5, 0.6) is 5.75 Å². The summed E-state index contributed by atoms with van der Waals surface area (Å²) in [6.07, 6.45) is 4.24. The predicted molar refractivity (Wildman–Crippen MR) is 85.1 cm³/mol. The molecule has 1 saturated carbocycles.